The molecule has 14 nitrogen and oxygen atoms in total. The highest BCUT2D eigenvalue weighted by Crippen LogP contribution is 2.62. The first-order valence-electron chi connectivity index (χ1n) is 19.4. The second-order valence-corrected chi connectivity index (χ2v) is 16.7. The van der Waals surface area contributed by atoms with Crippen LogP contribution in [-0.2, 0) is 25.5 Å². The molecule has 2 saturated heterocycles. The standard InChI is InChI=1S/C41H53N5O9/c1-40-11-10-33(55-38-36(51)35(50)34(49)31(22-47)54-38)41(2,23-48)32(40)20-30-28(21-46-13-12-42-39(46)43-30)29(40)9-6-25-19-27(53-37(25)52)18-24-4-7-26(8-5-24)45-16-14-44(3)15-17-45/h4-9,12-13,18-19,28-29,31-36,38,47-51H,10-11,14-17,20-23H2,1-3H3/t28?,29?,31?,32?,33-,34?,35?,36?,38?,40-,41+/m1/s1. The number of carbonyl (C=O) groups excluding carboxylic acids is 1. The van der Waals surface area contributed by atoms with Gasteiger partial charge in [-0.05, 0) is 73.4 Å². The van der Waals surface area contributed by atoms with Gasteiger partial charge in [0.1, 0.15) is 30.2 Å². The third-order valence-electron chi connectivity index (χ3n) is 13.4. The monoisotopic (exact) mass is 759 g/mol. The Labute approximate surface area is 321 Å². The van der Waals surface area contributed by atoms with Gasteiger partial charge >= 0.3 is 5.97 Å². The van der Waals surface area contributed by atoms with Crippen LogP contribution in [0.3, 0.4) is 0 Å². The topological polar surface area (TPSA) is 183 Å². The van der Waals surface area contributed by atoms with Crippen molar-refractivity contribution in [1.82, 2.24) is 14.5 Å². The Morgan fingerprint density at radius 2 is 1.80 bits per heavy atom. The van der Waals surface area contributed by atoms with E-state index in [9.17, 15) is 30.3 Å². The van der Waals surface area contributed by atoms with E-state index in [-0.39, 0.29) is 29.8 Å². The summed E-state index contributed by atoms with van der Waals surface area (Å²) in [4.78, 5) is 27.4. The predicted octanol–water partition coefficient (Wildman–Crippen LogP) is 2.04. The van der Waals surface area contributed by atoms with Crippen LogP contribution in [0, 0.1) is 28.6 Å². The first-order valence-corrected chi connectivity index (χ1v) is 19.4. The van der Waals surface area contributed by atoms with Gasteiger partial charge in [0, 0.05) is 67.8 Å². The molecule has 4 aliphatic heterocycles. The number of likely N-dealkylation sites (N-methyl/N-ethyl adjacent to an activating group) is 1. The molecule has 0 radical (unpaired) electrons. The van der Waals surface area contributed by atoms with Gasteiger partial charge < -0.3 is 54.1 Å². The number of hydrogen-bond donors (Lipinski definition) is 5. The average molecular weight is 760 g/mol. The molecule has 2 aromatic rings. The summed E-state index contributed by atoms with van der Waals surface area (Å²) in [5, 5.41) is 52.6. The number of aliphatic hydroxyl groups is 5. The number of esters is 1. The van der Waals surface area contributed by atoms with E-state index in [0.717, 1.165) is 37.5 Å². The van der Waals surface area contributed by atoms with Gasteiger partial charge in [-0.15, -0.1) is 0 Å². The predicted molar refractivity (Wildman–Crippen MR) is 203 cm³/mol. The number of aromatic nitrogens is 2. The van der Waals surface area contributed by atoms with E-state index in [4.69, 9.17) is 19.2 Å². The SMILES string of the molecule is CN1CCN(c2ccc(C=C3C=C(C=CC4C5Cn6ccnc6N=C5CC5[C@]4(C)CC[C@@H](OC4OC(CO)C(O)C(O)C4O)[C@@]5(C)CO)C(=O)O3)cc2)CC1. The fourth-order valence-corrected chi connectivity index (χ4v) is 10.0. The maximum absolute atomic E-state index is 13.2. The highest BCUT2D eigenvalue weighted by Gasteiger charge is 2.62. The van der Waals surface area contributed by atoms with Crippen molar-refractivity contribution in [2.24, 2.45) is 33.6 Å². The highest BCUT2D eigenvalue weighted by atomic mass is 16.7. The van der Waals surface area contributed by atoms with Gasteiger partial charge in [-0.3, -0.25) is 0 Å². The normalized spacial score (nSPS) is 38.7. The summed E-state index contributed by atoms with van der Waals surface area (Å²) < 4.78 is 19.9. The van der Waals surface area contributed by atoms with Gasteiger partial charge in [0.15, 0.2) is 6.29 Å². The van der Waals surface area contributed by atoms with Crippen LogP contribution in [-0.4, -0.2) is 135 Å². The number of hydrogen-bond acceptors (Lipinski definition) is 13. The van der Waals surface area contributed by atoms with Crippen LogP contribution in [0.1, 0.15) is 38.7 Å². The molecule has 4 fully saturated rings. The largest absolute Gasteiger partial charge is 0.423 e. The molecule has 2 aliphatic carbocycles. The van der Waals surface area contributed by atoms with Crippen LogP contribution in [0.25, 0.3) is 6.08 Å². The lowest BCUT2D eigenvalue weighted by molar-refractivity contribution is -0.329. The highest BCUT2D eigenvalue weighted by molar-refractivity contribution is 5.96. The number of allylic oxidation sites excluding steroid dienone is 2. The van der Waals surface area contributed by atoms with E-state index in [1.165, 1.54) is 5.69 Å². The molecule has 0 spiro atoms. The first kappa shape index (κ1) is 38.2. The lowest BCUT2D eigenvalue weighted by atomic mass is 9.45. The van der Waals surface area contributed by atoms with Crippen LogP contribution < -0.4 is 4.90 Å². The molecule has 5 N–H and O–H groups in total. The number of benzene rings is 1. The first-order chi connectivity index (χ1) is 26.4. The zero-order chi connectivity index (χ0) is 38.6. The fraction of sp³-hybridized carbons (Fsp3) is 0.585. The van der Waals surface area contributed by atoms with Gasteiger partial charge in [-0.2, -0.15) is 0 Å². The average Bonchev–Trinajstić information content (AvgIpc) is 3.79. The Hall–Kier alpha value is -3.73. The fourth-order valence-electron chi connectivity index (χ4n) is 10.0. The van der Waals surface area contributed by atoms with Crippen LogP contribution in [0.15, 0.2) is 71.2 Å². The van der Waals surface area contributed by atoms with Gasteiger partial charge in [0.05, 0.1) is 24.9 Å². The van der Waals surface area contributed by atoms with Crippen molar-refractivity contribution in [2.75, 3.05) is 51.3 Å². The van der Waals surface area contributed by atoms with E-state index < -0.39 is 54.8 Å². The number of carbonyl (C=O) groups is 1. The summed E-state index contributed by atoms with van der Waals surface area (Å²) >= 11 is 0. The summed E-state index contributed by atoms with van der Waals surface area (Å²) in [6.45, 7) is 8.12. The van der Waals surface area contributed by atoms with E-state index in [1.54, 1.807) is 12.3 Å². The smallest absolute Gasteiger partial charge is 0.343 e. The molecule has 5 heterocycles. The summed E-state index contributed by atoms with van der Waals surface area (Å²) in [5.74, 6) is 0.447. The third-order valence-corrected chi connectivity index (χ3v) is 13.4. The number of nitrogens with zero attached hydrogens (tertiary/aromatic N) is 5. The third kappa shape index (κ3) is 6.90. The molecule has 1 aromatic carbocycles. The van der Waals surface area contributed by atoms with Crippen molar-refractivity contribution in [2.45, 2.75) is 76.5 Å². The molecule has 0 amide bonds. The number of aliphatic hydroxyl groups excluding tert-OH is 5. The van der Waals surface area contributed by atoms with Crippen molar-refractivity contribution in [3.05, 3.63) is 71.8 Å². The van der Waals surface area contributed by atoms with Crippen molar-refractivity contribution >= 4 is 29.4 Å². The maximum atomic E-state index is 13.2. The molecule has 8 unspecified atom stereocenters. The zero-order valence-corrected chi connectivity index (χ0v) is 31.6. The quantitative estimate of drug-likeness (QED) is 0.196. The molecule has 14 heteroatoms. The molecule has 1 aromatic heterocycles. The molecule has 2 saturated carbocycles. The van der Waals surface area contributed by atoms with Crippen LogP contribution in [0.4, 0.5) is 11.6 Å². The number of ether oxygens (including phenoxy) is 3. The molecule has 6 aliphatic rings. The van der Waals surface area contributed by atoms with Crippen molar-refractivity contribution in [1.29, 1.82) is 0 Å². The van der Waals surface area contributed by atoms with Crippen molar-refractivity contribution in [3.8, 4) is 0 Å². The molecule has 55 heavy (non-hydrogen) atoms. The second kappa shape index (κ2) is 15.0. The molecule has 296 valence electrons. The second-order valence-electron chi connectivity index (χ2n) is 16.7. The minimum absolute atomic E-state index is 0.0110. The van der Waals surface area contributed by atoms with Gasteiger partial charge in [-0.25, -0.2) is 14.8 Å². The summed E-state index contributed by atoms with van der Waals surface area (Å²) in [6, 6.07) is 8.31. The molecule has 8 rings (SSSR count). The van der Waals surface area contributed by atoms with Crippen LogP contribution in [0.2, 0.25) is 0 Å². The Morgan fingerprint density at radius 3 is 2.53 bits per heavy atom. The number of cyclic esters (lactones) is 1. The molecular formula is C41H53N5O9. The van der Waals surface area contributed by atoms with Crippen LogP contribution in [0.5, 0.6) is 0 Å². The van der Waals surface area contributed by atoms with E-state index >= 15 is 0 Å². The number of imidazole rings is 1. The Kier molecular flexibility index (Phi) is 10.4. The number of anilines is 1. The lowest BCUT2D eigenvalue weighted by Gasteiger charge is -2.62. The molecule has 11 atom stereocenters. The van der Waals surface area contributed by atoms with E-state index in [0.29, 0.717) is 43.1 Å². The van der Waals surface area contributed by atoms with Gasteiger partial charge in [0.2, 0.25) is 5.95 Å². The zero-order valence-electron chi connectivity index (χ0n) is 31.6. The number of aliphatic imine (C=N–C) groups is 1. The van der Waals surface area contributed by atoms with Gasteiger partial charge in [0.25, 0.3) is 0 Å². The lowest BCUT2D eigenvalue weighted by Crippen LogP contribution is -2.64. The number of fused-ring (bicyclic) bond motifs is 3. The van der Waals surface area contributed by atoms with Crippen molar-refractivity contribution < 1.29 is 44.5 Å². The Bertz CT molecular complexity index is 1870. The minimum atomic E-state index is -1.57. The number of rotatable bonds is 8. The maximum Gasteiger partial charge on any atom is 0.343 e. The molecule has 0 bridgehead atoms. The van der Waals surface area contributed by atoms with Crippen molar-refractivity contribution in [3.63, 3.8) is 0 Å². The van der Waals surface area contributed by atoms with Gasteiger partial charge in [-0.1, -0.05) is 38.1 Å². The van der Waals surface area contributed by atoms with Crippen LogP contribution >= 0.6 is 0 Å². The van der Waals surface area contributed by atoms with E-state index in [1.807, 2.05) is 37.4 Å². The summed E-state index contributed by atoms with van der Waals surface area (Å²) in [7, 11) is 2.14. The van der Waals surface area contributed by atoms with E-state index in [2.05, 4.69) is 51.5 Å². The minimum Gasteiger partial charge on any atom is -0.423 e. The Morgan fingerprint density at radius 1 is 1.04 bits per heavy atom. The molecular weight excluding hydrogens is 706 g/mol. The Balaban J connectivity index is 1.06. The summed E-state index contributed by atoms with van der Waals surface area (Å²) in [6.07, 6.45) is 5.42. The number of piperazine rings is 1. The summed E-state index contributed by atoms with van der Waals surface area (Å²) in [5.41, 5.74) is 2.31.